The predicted molar refractivity (Wildman–Crippen MR) is 124 cm³/mol. The fourth-order valence-electron chi connectivity index (χ4n) is 6.05. The van der Waals surface area contributed by atoms with Crippen LogP contribution in [-0.4, -0.2) is 59.7 Å². The first kappa shape index (κ1) is 28.8. The molecule has 0 aliphatic heterocycles. The van der Waals surface area contributed by atoms with E-state index in [9.17, 15) is 37.0 Å². The van der Waals surface area contributed by atoms with Gasteiger partial charge in [-0.25, -0.2) is 0 Å². The number of fused-ring (bicyclic) bond motifs is 1. The lowest BCUT2D eigenvalue weighted by molar-refractivity contribution is -0.278. The van der Waals surface area contributed by atoms with E-state index in [2.05, 4.69) is 19.1 Å². The number of aliphatic hydroxyl groups excluding tert-OH is 2. The quantitative estimate of drug-likeness (QED) is 0.399. The van der Waals surface area contributed by atoms with Gasteiger partial charge >= 0.3 is 12.1 Å². The molecule has 0 bridgehead atoms. The summed E-state index contributed by atoms with van der Waals surface area (Å²) in [4.78, 5) is 11.9. The predicted octanol–water partition coefficient (Wildman–Crippen LogP) is 4.85. The summed E-state index contributed by atoms with van der Waals surface area (Å²) in [5.41, 5.74) is 2.86. The summed E-state index contributed by atoms with van der Waals surface area (Å²) in [5, 5.41) is 21.8. The summed E-state index contributed by atoms with van der Waals surface area (Å²) in [7, 11) is 0. The molecule has 204 valence electrons. The maximum atomic E-state index is 13.0. The van der Waals surface area contributed by atoms with Crippen molar-refractivity contribution in [3.63, 3.8) is 0 Å². The van der Waals surface area contributed by atoms with Crippen LogP contribution < -0.4 is 5.32 Å². The van der Waals surface area contributed by atoms with Crippen molar-refractivity contribution in [2.45, 2.75) is 89.7 Å². The molecule has 0 spiro atoms. The Balaban J connectivity index is 1.59. The first-order chi connectivity index (χ1) is 16.7. The summed E-state index contributed by atoms with van der Waals surface area (Å²) >= 11 is 0. The highest BCUT2D eigenvalue weighted by Gasteiger charge is 2.57. The van der Waals surface area contributed by atoms with Gasteiger partial charge in [-0.05, 0) is 79.9 Å². The number of aliphatic hydroxyl groups is 2. The normalized spacial score (nSPS) is 32.4. The summed E-state index contributed by atoms with van der Waals surface area (Å²) in [6, 6.07) is 0. The topological polar surface area (TPSA) is 78.8 Å². The molecule has 1 fully saturated rings. The molecule has 5 nitrogen and oxygen atoms in total. The molecule has 3 rings (SSSR count). The van der Waals surface area contributed by atoms with Gasteiger partial charge in [0, 0.05) is 6.42 Å². The summed E-state index contributed by atoms with van der Waals surface area (Å²) in [5.74, 6) is -5.68. The van der Waals surface area contributed by atoms with Crippen molar-refractivity contribution in [1.29, 1.82) is 0 Å². The second-order valence-corrected chi connectivity index (χ2v) is 10.6. The zero-order valence-corrected chi connectivity index (χ0v) is 20.9. The first-order valence-electron chi connectivity index (χ1n) is 12.4. The molecule has 0 aromatic rings. The van der Waals surface area contributed by atoms with Gasteiger partial charge < -0.3 is 20.3 Å². The lowest BCUT2D eigenvalue weighted by Crippen LogP contribution is -2.47. The van der Waals surface area contributed by atoms with Gasteiger partial charge in [-0.1, -0.05) is 25.2 Å². The van der Waals surface area contributed by atoms with Crippen LogP contribution in [0.2, 0.25) is 0 Å². The van der Waals surface area contributed by atoms with Crippen molar-refractivity contribution in [3.8, 4) is 0 Å². The molecule has 1 saturated carbocycles. The average molecular weight is 522 g/mol. The van der Waals surface area contributed by atoms with E-state index in [0.29, 0.717) is 12.8 Å². The van der Waals surface area contributed by atoms with Crippen LogP contribution in [0.5, 0.6) is 0 Å². The maximum Gasteiger partial charge on any atom is 0.455 e. The van der Waals surface area contributed by atoms with Crippen molar-refractivity contribution in [3.05, 3.63) is 34.9 Å². The van der Waals surface area contributed by atoms with Crippen LogP contribution in [0.1, 0.15) is 59.3 Å². The monoisotopic (exact) mass is 521 g/mol. The Labute approximate surface area is 208 Å². The van der Waals surface area contributed by atoms with Crippen LogP contribution in [0.4, 0.5) is 22.0 Å². The van der Waals surface area contributed by atoms with Crippen molar-refractivity contribution >= 4 is 5.91 Å². The SMILES string of the molecule is CC1=C(/C=C\C2=CCCC3(C)C2CCC3C(C)OCC(=O)NCC(F)(F)C(F)(F)F)CC(O)C[C@@H]1O. The first-order valence-corrected chi connectivity index (χ1v) is 12.4. The van der Waals surface area contributed by atoms with Gasteiger partial charge in [0.25, 0.3) is 0 Å². The largest absolute Gasteiger partial charge is 0.455 e. The molecule has 3 aliphatic rings. The highest BCUT2D eigenvalue weighted by Crippen LogP contribution is 2.57. The molecule has 3 aliphatic carbocycles. The number of hydrogen-bond donors (Lipinski definition) is 3. The van der Waals surface area contributed by atoms with Crippen molar-refractivity contribution in [1.82, 2.24) is 5.32 Å². The highest BCUT2D eigenvalue weighted by atomic mass is 19.4. The van der Waals surface area contributed by atoms with Crippen molar-refractivity contribution < 1.29 is 41.7 Å². The van der Waals surface area contributed by atoms with Gasteiger partial charge in [-0.2, -0.15) is 22.0 Å². The molecular formula is C26H36F5NO4. The Kier molecular flexibility index (Phi) is 8.72. The van der Waals surface area contributed by atoms with Crippen LogP contribution in [0.3, 0.4) is 0 Å². The summed E-state index contributed by atoms with van der Waals surface area (Å²) < 4.78 is 68.5. The standard InChI is InChI=1S/C26H36F5NO4/c1-15-18(11-19(33)12-22(15)34)7-6-17-5-4-10-24(3)20(8-9-21(17)24)16(2)36-13-23(35)32-14-25(27,28)26(29,30)31/h5-7,16,19-22,33-34H,4,8-14H2,1-3H3,(H,32,35)/b7-6-/t16?,19?,20?,21?,22-,24?/m0/s1. The minimum atomic E-state index is -5.73. The molecule has 10 heteroatoms. The fourth-order valence-corrected chi connectivity index (χ4v) is 6.05. The van der Waals surface area contributed by atoms with Gasteiger partial charge in [0.05, 0.1) is 24.9 Å². The second-order valence-electron chi connectivity index (χ2n) is 10.6. The zero-order chi connectivity index (χ0) is 26.9. The smallest absolute Gasteiger partial charge is 0.393 e. The van der Waals surface area contributed by atoms with Crippen molar-refractivity contribution in [2.24, 2.45) is 17.3 Å². The molecule has 36 heavy (non-hydrogen) atoms. The third-order valence-corrected chi connectivity index (χ3v) is 8.28. The lowest BCUT2D eigenvalue weighted by Gasteiger charge is -2.42. The number of alkyl halides is 5. The highest BCUT2D eigenvalue weighted by molar-refractivity contribution is 5.77. The van der Waals surface area contributed by atoms with Crippen LogP contribution in [0.25, 0.3) is 0 Å². The van der Waals surface area contributed by atoms with Gasteiger partial charge in [0.15, 0.2) is 0 Å². The third-order valence-electron chi connectivity index (χ3n) is 8.28. The zero-order valence-electron chi connectivity index (χ0n) is 20.9. The van der Waals surface area contributed by atoms with E-state index in [4.69, 9.17) is 4.74 Å². The average Bonchev–Trinajstić information content (AvgIpc) is 3.14. The van der Waals surface area contributed by atoms with E-state index in [1.54, 1.807) is 5.32 Å². The van der Waals surface area contributed by atoms with Gasteiger partial charge in [-0.3, -0.25) is 4.79 Å². The Morgan fingerprint density at radius 2 is 1.94 bits per heavy atom. The number of ether oxygens (including phenoxy) is 1. The number of carbonyl (C=O) groups is 1. The molecule has 0 saturated heterocycles. The lowest BCUT2D eigenvalue weighted by atomic mass is 9.64. The van der Waals surface area contributed by atoms with E-state index in [1.165, 1.54) is 5.57 Å². The van der Waals surface area contributed by atoms with Gasteiger partial charge in [0.1, 0.15) is 6.61 Å². The number of hydrogen-bond acceptors (Lipinski definition) is 4. The number of allylic oxidation sites excluding steroid dienone is 4. The number of halogens is 5. The van der Waals surface area contributed by atoms with Crippen LogP contribution >= 0.6 is 0 Å². The molecule has 6 atom stereocenters. The summed E-state index contributed by atoms with van der Waals surface area (Å²) in [6.45, 7) is 3.45. The fraction of sp³-hybridized carbons (Fsp3) is 0.731. The minimum Gasteiger partial charge on any atom is -0.393 e. The molecule has 0 aromatic carbocycles. The van der Waals surface area contributed by atoms with E-state index >= 15 is 0 Å². The van der Waals surface area contributed by atoms with E-state index < -0.39 is 43.4 Å². The molecular weight excluding hydrogens is 485 g/mol. The summed E-state index contributed by atoms with van der Waals surface area (Å²) in [6.07, 6.45) is 3.26. The molecule has 5 unspecified atom stereocenters. The van der Waals surface area contributed by atoms with Crippen LogP contribution in [-0.2, 0) is 9.53 Å². The Morgan fingerprint density at radius 1 is 1.25 bits per heavy atom. The van der Waals surface area contributed by atoms with Crippen LogP contribution in [0, 0.1) is 17.3 Å². The number of rotatable bonds is 8. The van der Waals surface area contributed by atoms with Gasteiger partial charge in [-0.15, -0.1) is 0 Å². The number of amides is 1. The van der Waals surface area contributed by atoms with E-state index in [-0.39, 0.29) is 23.4 Å². The molecule has 0 aromatic heterocycles. The molecule has 1 amide bonds. The Bertz CT molecular complexity index is 913. The third kappa shape index (κ3) is 6.19. The van der Waals surface area contributed by atoms with E-state index in [1.807, 2.05) is 19.9 Å². The van der Waals surface area contributed by atoms with Crippen LogP contribution in [0.15, 0.2) is 34.9 Å². The van der Waals surface area contributed by atoms with E-state index in [0.717, 1.165) is 36.8 Å². The number of carbonyl (C=O) groups excluding carboxylic acids is 1. The second kappa shape index (κ2) is 10.9. The molecule has 3 N–H and O–H groups in total. The Hall–Kier alpha value is -1.78. The molecule has 0 heterocycles. The molecule has 0 radical (unpaired) electrons. The minimum absolute atomic E-state index is 0.0864. The van der Waals surface area contributed by atoms with Gasteiger partial charge in [0.2, 0.25) is 5.91 Å². The Morgan fingerprint density at radius 3 is 2.61 bits per heavy atom. The van der Waals surface area contributed by atoms with Crippen molar-refractivity contribution in [2.75, 3.05) is 13.2 Å². The number of nitrogens with one attached hydrogen (secondary N) is 1. The maximum absolute atomic E-state index is 13.0.